The summed E-state index contributed by atoms with van der Waals surface area (Å²) < 4.78 is 0. The maximum Gasteiger partial charge on any atom is 0.266 e. The Labute approximate surface area is 382 Å². The van der Waals surface area contributed by atoms with Crippen LogP contribution in [0.15, 0.2) is 84.9 Å². The molecule has 4 nitrogen and oxygen atoms in total. The normalized spacial score (nSPS) is 11.2. The summed E-state index contributed by atoms with van der Waals surface area (Å²) in [5.74, 6) is 0. The van der Waals surface area contributed by atoms with Gasteiger partial charge in [0, 0.05) is 6.42 Å². The molecule has 0 aromatic heterocycles. The molecule has 0 radical (unpaired) electrons. The van der Waals surface area contributed by atoms with Crippen LogP contribution in [0.3, 0.4) is 0 Å². The van der Waals surface area contributed by atoms with Crippen LogP contribution < -0.4 is 9.80 Å². The fraction of sp³-hybridized carbons (Fsp3) is 0.527. The zero-order chi connectivity index (χ0) is 43.7. The molecular weight excluding hydrogens is 785 g/mol. The van der Waals surface area contributed by atoms with E-state index >= 15 is 0 Å². The number of rotatable bonds is 30. The molecule has 0 amide bonds. The second kappa shape index (κ2) is 28.8. The molecule has 6 heteroatoms. The number of aliphatic hydroxyl groups excluding tert-OH is 2. The van der Waals surface area contributed by atoms with Crippen molar-refractivity contribution in [1.82, 2.24) is 0 Å². The van der Waals surface area contributed by atoms with Crippen LogP contribution in [0.1, 0.15) is 189 Å². The second-order valence-electron chi connectivity index (χ2n) is 17.2. The van der Waals surface area contributed by atoms with E-state index < -0.39 is 0 Å². The van der Waals surface area contributed by atoms with E-state index in [1.165, 1.54) is 125 Å². The summed E-state index contributed by atoms with van der Waals surface area (Å²) in [6.07, 6.45) is 29.0. The van der Waals surface area contributed by atoms with Crippen molar-refractivity contribution in [1.29, 1.82) is 0 Å². The number of hydrogen-bond donors (Lipinski definition) is 2. The van der Waals surface area contributed by atoms with Gasteiger partial charge in [-0.2, -0.15) is 0 Å². The number of anilines is 4. The standard InChI is InChI=1S/C55H78N2O2S2/c1-5-9-13-17-21-31-44-35-29-41-52(48(44)37-23-19-15-11-7-3)56(54(58)60)50-39-27-25-33-46(50)43-47-34-26-28-40-51(47)57(55(59)61)53-42-30-36-45(32-22-18-14-10-6-2)49(53)38-24-20-16-12-8-4/h25-30,33-36,39-42H,5-24,31-32,37-38,43H2,1-4H3,(H,58,60)(H,59,61). The van der Waals surface area contributed by atoms with E-state index in [1.54, 1.807) is 0 Å². The van der Waals surface area contributed by atoms with Crippen molar-refractivity contribution in [2.75, 3.05) is 9.80 Å². The molecule has 0 aliphatic heterocycles. The fourth-order valence-electron chi connectivity index (χ4n) is 8.99. The highest BCUT2D eigenvalue weighted by Gasteiger charge is 2.25. The summed E-state index contributed by atoms with van der Waals surface area (Å²) in [4.78, 5) is 3.81. The molecule has 4 aromatic rings. The van der Waals surface area contributed by atoms with Gasteiger partial charge in [0.25, 0.3) is 10.3 Å². The smallest absolute Gasteiger partial charge is 0.266 e. The Hall–Kier alpha value is -3.74. The number of para-hydroxylation sites is 2. The Morgan fingerprint density at radius 1 is 0.361 bits per heavy atom. The van der Waals surface area contributed by atoms with Crippen LogP contribution in [0.2, 0.25) is 0 Å². The van der Waals surface area contributed by atoms with Crippen LogP contribution in [0, 0.1) is 0 Å². The third-order valence-corrected chi connectivity index (χ3v) is 12.7. The minimum atomic E-state index is -0.152. The summed E-state index contributed by atoms with van der Waals surface area (Å²) in [5, 5.41) is 22.7. The molecule has 4 aromatic carbocycles. The lowest BCUT2D eigenvalue weighted by Gasteiger charge is -2.30. The Kier molecular flexibility index (Phi) is 23.5. The number of hydrogen-bond acceptors (Lipinski definition) is 2. The van der Waals surface area contributed by atoms with Crippen LogP contribution in [-0.2, 0) is 32.1 Å². The molecular formula is C55H78N2O2S2. The minimum absolute atomic E-state index is 0.152. The monoisotopic (exact) mass is 863 g/mol. The van der Waals surface area contributed by atoms with Gasteiger partial charge < -0.3 is 10.2 Å². The molecule has 0 aliphatic rings. The van der Waals surface area contributed by atoms with Crippen LogP contribution >= 0.6 is 24.4 Å². The summed E-state index contributed by atoms with van der Waals surface area (Å²) >= 11 is 11.5. The third-order valence-electron chi connectivity index (χ3n) is 12.4. The van der Waals surface area contributed by atoms with Crippen LogP contribution in [0.5, 0.6) is 0 Å². The first-order chi connectivity index (χ1) is 29.9. The maximum absolute atomic E-state index is 11.5. The van der Waals surface area contributed by atoms with E-state index in [1.807, 2.05) is 21.9 Å². The predicted octanol–water partition coefficient (Wildman–Crippen LogP) is 17.3. The summed E-state index contributed by atoms with van der Waals surface area (Å²) in [5.41, 5.74) is 11.1. The third kappa shape index (κ3) is 15.8. The number of benzene rings is 4. The fourth-order valence-corrected chi connectivity index (χ4v) is 9.38. The highest BCUT2D eigenvalue weighted by atomic mass is 32.1. The number of thiocarbonyl (C=S) groups is 2. The van der Waals surface area contributed by atoms with Gasteiger partial charge in [0.2, 0.25) is 0 Å². The molecule has 0 atom stereocenters. The molecule has 332 valence electrons. The molecule has 0 heterocycles. The summed E-state index contributed by atoms with van der Waals surface area (Å²) in [7, 11) is 0. The van der Waals surface area contributed by atoms with Gasteiger partial charge in [-0.25, -0.2) is 0 Å². The van der Waals surface area contributed by atoms with Crippen molar-refractivity contribution < 1.29 is 10.2 Å². The molecule has 0 aliphatic carbocycles. The summed E-state index contributed by atoms with van der Waals surface area (Å²) in [6.45, 7) is 9.06. The molecule has 61 heavy (non-hydrogen) atoms. The van der Waals surface area contributed by atoms with Crippen molar-refractivity contribution in [2.24, 2.45) is 0 Å². The van der Waals surface area contributed by atoms with Gasteiger partial charge >= 0.3 is 0 Å². The molecule has 0 bridgehead atoms. The van der Waals surface area contributed by atoms with E-state index in [9.17, 15) is 10.2 Å². The number of aryl methyl sites for hydroxylation is 2. The molecule has 4 rings (SSSR count). The first-order valence-corrected chi connectivity index (χ1v) is 25.1. The Morgan fingerprint density at radius 3 is 1.00 bits per heavy atom. The van der Waals surface area contributed by atoms with E-state index in [4.69, 9.17) is 24.4 Å². The molecule has 0 unspecified atom stereocenters. The first-order valence-electron chi connectivity index (χ1n) is 24.3. The quantitative estimate of drug-likeness (QED) is 0.0402. The molecule has 0 saturated carbocycles. The number of aliphatic hydroxyl groups is 2. The lowest BCUT2D eigenvalue weighted by atomic mass is 9.93. The highest BCUT2D eigenvalue weighted by molar-refractivity contribution is 7.80. The van der Waals surface area contributed by atoms with Gasteiger partial charge in [-0.3, -0.25) is 9.80 Å². The predicted molar refractivity (Wildman–Crippen MR) is 273 cm³/mol. The topological polar surface area (TPSA) is 46.9 Å². The van der Waals surface area contributed by atoms with Crippen LogP contribution in [0.4, 0.5) is 22.7 Å². The zero-order valence-electron chi connectivity index (χ0n) is 38.4. The lowest BCUT2D eigenvalue weighted by Crippen LogP contribution is -2.27. The van der Waals surface area contributed by atoms with E-state index in [0.29, 0.717) is 6.42 Å². The average molecular weight is 863 g/mol. The van der Waals surface area contributed by atoms with E-state index in [0.717, 1.165) is 85.2 Å². The van der Waals surface area contributed by atoms with E-state index in [2.05, 4.69) is 100 Å². The van der Waals surface area contributed by atoms with Crippen molar-refractivity contribution >= 4 is 57.5 Å². The SMILES string of the molecule is CCCCCCCc1cccc(N(C(O)=S)c2ccccc2Cc2ccccc2N(C(O)=S)c2cccc(CCCCCCC)c2CCCCCCC)c1CCCCCCC. The molecule has 0 spiro atoms. The number of nitrogens with zero attached hydrogens (tertiary/aromatic N) is 2. The lowest BCUT2D eigenvalue weighted by molar-refractivity contribution is 0.556. The van der Waals surface area contributed by atoms with Gasteiger partial charge in [-0.1, -0.05) is 191 Å². The Morgan fingerprint density at radius 2 is 0.656 bits per heavy atom. The number of unbranched alkanes of at least 4 members (excludes halogenated alkanes) is 16. The Balaban J connectivity index is 1.75. The summed E-state index contributed by atoms with van der Waals surface area (Å²) in [6, 6.07) is 29.8. The second-order valence-corrected chi connectivity index (χ2v) is 17.9. The van der Waals surface area contributed by atoms with Gasteiger partial charge in [0.1, 0.15) is 0 Å². The molecule has 0 fully saturated rings. The van der Waals surface area contributed by atoms with Crippen LogP contribution in [0.25, 0.3) is 0 Å². The van der Waals surface area contributed by atoms with Crippen molar-refractivity contribution in [2.45, 2.75) is 188 Å². The minimum Gasteiger partial charge on any atom is -0.486 e. The van der Waals surface area contributed by atoms with E-state index in [-0.39, 0.29) is 10.3 Å². The first kappa shape index (κ1) is 49.9. The van der Waals surface area contributed by atoms with Gasteiger partial charge in [-0.15, -0.1) is 0 Å². The van der Waals surface area contributed by atoms with Crippen molar-refractivity contribution in [3.8, 4) is 0 Å². The zero-order valence-corrected chi connectivity index (χ0v) is 40.0. The van der Waals surface area contributed by atoms with Crippen LogP contribution in [-0.4, -0.2) is 20.6 Å². The highest BCUT2D eigenvalue weighted by Crippen LogP contribution is 2.39. The largest absolute Gasteiger partial charge is 0.486 e. The van der Waals surface area contributed by atoms with Gasteiger partial charge in [0.05, 0.1) is 22.7 Å². The molecule has 2 N–H and O–H groups in total. The average Bonchev–Trinajstić information content (AvgIpc) is 3.25. The van der Waals surface area contributed by atoms with Crippen molar-refractivity contribution in [3.05, 3.63) is 118 Å². The molecule has 0 saturated heterocycles. The maximum atomic E-state index is 11.5. The van der Waals surface area contributed by atoms with Gasteiger partial charge in [0.15, 0.2) is 0 Å². The van der Waals surface area contributed by atoms with Crippen molar-refractivity contribution in [3.63, 3.8) is 0 Å². The van der Waals surface area contributed by atoms with Gasteiger partial charge in [-0.05, 0) is 133 Å². The Bertz CT molecular complexity index is 1750.